The van der Waals surface area contributed by atoms with Crippen LogP contribution in [0.15, 0.2) is 0 Å². The molecule has 2 rings (SSSR count). The molecule has 1 heterocycles. The van der Waals surface area contributed by atoms with E-state index < -0.39 is 0 Å². The van der Waals surface area contributed by atoms with Crippen molar-refractivity contribution in [2.45, 2.75) is 51.1 Å². The summed E-state index contributed by atoms with van der Waals surface area (Å²) in [7, 11) is 0. The summed E-state index contributed by atoms with van der Waals surface area (Å²) in [6.45, 7) is 8.36. The number of rotatable bonds is 5. The molecule has 3 nitrogen and oxygen atoms in total. The summed E-state index contributed by atoms with van der Waals surface area (Å²) in [4.78, 5) is 2.49. The third-order valence-corrected chi connectivity index (χ3v) is 4.32. The van der Waals surface area contributed by atoms with Crippen LogP contribution in [0.3, 0.4) is 0 Å². The zero-order chi connectivity index (χ0) is 11.6. The van der Waals surface area contributed by atoms with Crippen molar-refractivity contribution in [3.05, 3.63) is 0 Å². The monoisotopic (exact) mass is 226 g/mol. The van der Waals surface area contributed by atoms with Gasteiger partial charge in [-0.2, -0.15) is 0 Å². The number of hydrogen-bond donors (Lipinski definition) is 1. The Kier molecular flexibility index (Phi) is 3.88. The molecule has 0 amide bonds. The summed E-state index contributed by atoms with van der Waals surface area (Å²) in [6.07, 6.45) is 5.37. The third kappa shape index (κ3) is 2.96. The van der Waals surface area contributed by atoms with Gasteiger partial charge in [-0.15, -0.1) is 0 Å². The fraction of sp³-hybridized carbons (Fsp3) is 1.00. The summed E-state index contributed by atoms with van der Waals surface area (Å²) in [5.41, 5.74) is 6.50. The van der Waals surface area contributed by atoms with Gasteiger partial charge >= 0.3 is 0 Å². The van der Waals surface area contributed by atoms with Gasteiger partial charge in [0.2, 0.25) is 0 Å². The van der Waals surface area contributed by atoms with E-state index in [2.05, 4.69) is 18.7 Å². The number of morpholine rings is 1. The molecule has 0 spiro atoms. The fourth-order valence-corrected chi connectivity index (χ4v) is 2.55. The minimum atomic E-state index is 0.124. The molecule has 1 aliphatic carbocycles. The zero-order valence-corrected chi connectivity index (χ0v) is 10.7. The van der Waals surface area contributed by atoms with Crippen LogP contribution in [0, 0.1) is 5.92 Å². The molecular formula is C13H26N2O. The number of ether oxygens (including phenoxy) is 1. The van der Waals surface area contributed by atoms with Gasteiger partial charge in [0.25, 0.3) is 0 Å². The highest BCUT2D eigenvalue weighted by atomic mass is 16.5. The average molecular weight is 226 g/mol. The number of nitrogens with zero attached hydrogens (tertiary/aromatic N) is 1. The van der Waals surface area contributed by atoms with E-state index >= 15 is 0 Å². The highest BCUT2D eigenvalue weighted by Gasteiger charge is 2.34. The van der Waals surface area contributed by atoms with Gasteiger partial charge in [0.1, 0.15) is 0 Å². The van der Waals surface area contributed by atoms with Gasteiger partial charge in [0.15, 0.2) is 0 Å². The van der Waals surface area contributed by atoms with E-state index in [0.29, 0.717) is 6.04 Å². The molecule has 94 valence electrons. The highest BCUT2D eigenvalue weighted by molar-refractivity contribution is 4.93. The summed E-state index contributed by atoms with van der Waals surface area (Å²) < 4.78 is 5.40. The molecular weight excluding hydrogens is 200 g/mol. The van der Waals surface area contributed by atoms with E-state index in [1.54, 1.807) is 0 Å². The molecule has 1 atom stereocenters. The summed E-state index contributed by atoms with van der Waals surface area (Å²) in [5, 5.41) is 0. The van der Waals surface area contributed by atoms with Crippen LogP contribution in [0.25, 0.3) is 0 Å². The molecule has 0 bridgehead atoms. The van der Waals surface area contributed by atoms with E-state index in [9.17, 15) is 0 Å². The van der Waals surface area contributed by atoms with E-state index in [1.807, 2.05) is 0 Å². The van der Waals surface area contributed by atoms with Crippen molar-refractivity contribution in [1.29, 1.82) is 0 Å². The Morgan fingerprint density at radius 3 is 2.50 bits per heavy atom. The van der Waals surface area contributed by atoms with Crippen LogP contribution in [0.2, 0.25) is 0 Å². The predicted octanol–water partition coefficient (Wildman–Crippen LogP) is 1.61. The Morgan fingerprint density at radius 1 is 1.31 bits per heavy atom. The zero-order valence-electron chi connectivity index (χ0n) is 10.7. The first-order valence-corrected chi connectivity index (χ1v) is 6.69. The van der Waals surface area contributed by atoms with Crippen molar-refractivity contribution in [3.8, 4) is 0 Å². The summed E-state index contributed by atoms with van der Waals surface area (Å²) >= 11 is 0. The van der Waals surface area contributed by atoms with E-state index in [-0.39, 0.29) is 5.54 Å². The second kappa shape index (κ2) is 5.03. The maximum Gasteiger partial charge on any atom is 0.0594 e. The van der Waals surface area contributed by atoms with E-state index in [4.69, 9.17) is 10.5 Å². The van der Waals surface area contributed by atoms with Crippen molar-refractivity contribution in [3.63, 3.8) is 0 Å². The Labute approximate surface area is 99.3 Å². The normalized spacial score (nSPS) is 25.7. The van der Waals surface area contributed by atoms with Gasteiger partial charge < -0.3 is 10.5 Å². The molecule has 1 saturated carbocycles. The minimum Gasteiger partial charge on any atom is -0.379 e. The second-order valence-electron chi connectivity index (χ2n) is 5.88. The van der Waals surface area contributed by atoms with Gasteiger partial charge in [0.05, 0.1) is 13.2 Å². The molecule has 16 heavy (non-hydrogen) atoms. The molecule has 2 fully saturated rings. The first-order chi connectivity index (χ1) is 7.60. The lowest BCUT2D eigenvalue weighted by atomic mass is 9.88. The van der Waals surface area contributed by atoms with Crippen molar-refractivity contribution in [2.24, 2.45) is 11.7 Å². The van der Waals surface area contributed by atoms with Gasteiger partial charge in [-0.1, -0.05) is 12.8 Å². The molecule has 0 aromatic rings. The molecule has 0 aromatic carbocycles. The topological polar surface area (TPSA) is 38.5 Å². The van der Waals surface area contributed by atoms with Crippen LogP contribution in [-0.4, -0.2) is 42.8 Å². The van der Waals surface area contributed by atoms with Crippen LogP contribution in [0.1, 0.15) is 39.5 Å². The molecule has 2 N–H and O–H groups in total. The lowest BCUT2D eigenvalue weighted by Crippen LogP contribution is -2.59. The van der Waals surface area contributed by atoms with Crippen LogP contribution in [0.4, 0.5) is 0 Å². The van der Waals surface area contributed by atoms with Crippen molar-refractivity contribution in [2.75, 3.05) is 26.3 Å². The van der Waals surface area contributed by atoms with Crippen LogP contribution >= 0.6 is 0 Å². The molecule has 3 heteroatoms. The number of hydrogen-bond acceptors (Lipinski definition) is 3. The van der Waals surface area contributed by atoms with Gasteiger partial charge in [-0.25, -0.2) is 0 Å². The number of nitrogens with two attached hydrogens (primary N) is 1. The maximum absolute atomic E-state index is 6.38. The van der Waals surface area contributed by atoms with Gasteiger partial charge in [0, 0.05) is 24.7 Å². The third-order valence-electron chi connectivity index (χ3n) is 4.32. The van der Waals surface area contributed by atoms with Crippen molar-refractivity contribution >= 4 is 0 Å². The van der Waals surface area contributed by atoms with Crippen LogP contribution in [0.5, 0.6) is 0 Å². The molecule has 0 radical (unpaired) electrons. The Balaban J connectivity index is 1.82. The fourth-order valence-electron chi connectivity index (χ4n) is 2.55. The Hall–Kier alpha value is -0.120. The van der Waals surface area contributed by atoms with Gasteiger partial charge in [-0.3, -0.25) is 4.90 Å². The molecule has 1 saturated heterocycles. The molecule has 0 aromatic heterocycles. The Bertz CT molecular complexity index is 220. The Morgan fingerprint density at radius 2 is 1.94 bits per heavy atom. The molecule has 1 aliphatic heterocycles. The van der Waals surface area contributed by atoms with Crippen molar-refractivity contribution in [1.82, 2.24) is 4.90 Å². The summed E-state index contributed by atoms with van der Waals surface area (Å²) in [5.74, 6) is 0.992. The quantitative estimate of drug-likeness (QED) is 0.774. The molecule has 2 aliphatic rings. The summed E-state index contributed by atoms with van der Waals surface area (Å²) in [6, 6.07) is 0.297. The highest BCUT2D eigenvalue weighted by Crippen LogP contribution is 2.35. The second-order valence-corrected chi connectivity index (χ2v) is 5.88. The first-order valence-electron chi connectivity index (χ1n) is 6.69. The van der Waals surface area contributed by atoms with E-state index in [0.717, 1.165) is 32.2 Å². The lowest BCUT2D eigenvalue weighted by molar-refractivity contribution is -0.0198. The minimum absolute atomic E-state index is 0.124. The van der Waals surface area contributed by atoms with Crippen LogP contribution in [-0.2, 0) is 4.74 Å². The lowest BCUT2D eigenvalue weighted by Gasteiger charge is -2.44. The SMILES string of the molecule is CC(C)(C(N)CCC1CC1)N1CCOCC1. The standard InChI is InChI=1S/C13H26N2O/c1-13(2,15-7-9-16-10-8-15)12(14)6-5-11-3-4-11/h11-12H,3-10,14H2,1-2H3. The predicted molar refractivity (Wildman–Crippen MR) is 66.4 cm³/mol. The molecule has 1 unspecified atom stereocenters. The van der Waals surface area contributed by atoms with Gasteiger partial charge in [-0.05, 0) is 32.6 Å². The average Bonchev–Trinajstić information content (AvgIpc) is 3.11. The first kappa shape index (κ1) is 12.3. The smallest absolute Gasteiger partial charge is 0.0594 e. The van der Waals surface area contributed by atoms with E-state index in [1.165, 1.54) is 25.7 Å². The van der Waals surface area contributed by atoms with Crippen LogP contribution < -0.4 is 5.73 Å². The maximum atomic E-state index is 6.38. The largest absolute Gasteiger partial charge is 0.379 e. The van der Waals surface area contributed by atoms with Crippen molar-refractivity contribution < 1.29 is 4.74 Å².